The highest BCUT2D eigenvalue weighted by Gasteiger charge is 2.23. The zero-order chi connectivity index (χ0) is 13.0. The summed E-state index contributed by atoms with van der Waals surface area (Å²) in [5, 5.41) is 27.7. The van der Waals surface area contributed by atoms with E-state index < -0.39 is 12.2 Å². The lowest BCUT2D eigenvalue weighted by atomic mass is 10.0. The highest BCUT2D eigenvalue weighted by molar-refractivity contribution is 9.10. The molecule has 1 aromatic rings. The molecule has 0 bridgehead atoms. The lowest BCUT2D eigenvalue weighted by Crippen LogP contribution is -2.16. The molecule has 1 rings (SSSR count). The Labute approximate surface area is 107 Å². The van der Waals surface area contributed by atoms with Crippen molar-refractivity contribution in [3.63, 3.8) is 0 Å². The number of hydrogen-bond donors (Lipinski definition) is 2. The van der Waals surface area contributed by atoms with E-state index in [1.54, 1.807) is 12.1 Å². The molecule has 0 aromatic heterocycles. The summed E-state index contributed by atoms with van der Waals surface area (Å²) in [5.74, 6) is 0.837. The van der Waals surface area contributed by atoms with Gasteiger partial charge in [-0.05, 0) is 28.1 Å². The van der Waals surface area contributed by atoms with Gasteiger partial charge in [0.15, 0.2) is 6.10 Å². The molecule has 6 heteroatoms. The monoisotopic (exact) mass is 301 g/mol. The molecule has 0 aliphatic carbocycles. The quantitative estimate of drug-likeness (QED) is 0.821. The zero-order valence-corrected chi connectivity index (χ0v) is 10.9. The number of nitrogens with zero attached hydrogens (tertiary/aromatic N) is 1. The summed E-state index contributed by atoms with van der Waals surface area (Å²) >= 11 is 3.27. The van der Waals surface area contributed by atoms with Crippen LogP contribution < -0.4 is 9.47 Å². The van der Waals surface area contributed by atoms with Gasteiger partial charge in [0.25, 0.3) is 0 Å². The summed E-state index contributed by atoms with van der Waals surface area (Å²) in [4.78, 5) is 0. The summed E-state index contributed by atoms with van der Waals surface area (Å²) in [6, 6.07) is 4.67. The maximum atomic E-state index is 9.79. The molecular formula is C11H12BrNO4. The second-order valence-corrected chi connectivity index (χ2v) is 4.10. The third kappa shape index (κ3) is 2.88. The van der Waals surface area contributed by atoms with Crippen LogP contribution in [-0.4, -0.2) is 30.5 Å². The molecule has 0 aliphatic heterocycles. The molecule has 17 heavy (non-hydrogen) atoms. The number of benzene rings is 1. The first-order valence-corrected chi connectivity index (χ1v) is 5.51. The minimum absolute atomic E-state index is 0.293. The van der Waals surface area contributed by atoms with Crippen LogP contribution in [0, 0.1) is 11.3 Å². The summed E-state index contributed by atoms with van der Waals surface area (Å²) in [5.41, 5.74) is 0.293. The number of hydrogen-bond acceptors (Lipinski definition) is 5. The number of aliphatic hydroxyl groups excluding tert-OH is 2. The number of halogens is 1. The van der Waals surface area contributed by atoms with Crippen LogP contribution in [0.2, 0.25) is 0 Å². The molecule has 0 aliphatic rings. The van der Waals surface area contributed by atoms with Gasteiger partial charge in [-0.3, -0.25) is 0 Å². The van der Waals surface area contributed by atoms with Gasteiger partial charge >= 0.3 is 0 Å². The van der Waals surface area contributed by atoms with Crippen molar-refractivity contribution in [1.29, 1.82) is 5.26 Å². The molecule has 2 N–H and O–H groups in total. The van der Waals surface area contributed by atoms with Gasteiger partial charge in [0.05, 0.1) is 24.8 Å². The fourth-order valence-corrected chi connectivity index (χ4v) is 1.84. The normalized spacial score (nSPS) is 13.6. The molecule has 0 fully saturated rings. The number of aliphatic hydroxyl groups is 2. The van der Waals surface area contributed by atoms with Crippen molar-refractivity contribution in [2.45, 2.75) is 12.2 Å². The third-order valence-electron chi connectivity index (χ3n) is 2.25. The fourth-order valence-electron chi connectivity index (χ4n) is 1.36. The van der Waals surface area contributed by atoms with Gasteiger partial charge in [-0.15, -0.1) is 0 Å². The Bertz CT molecular complexity index is 444. The zero-order valence-electron chi connectivity index (χ0n) is 9.35. The Balaban J connectivity index is 3.26. The van der Waals surface area contributed by atoms with E-state index in [4.69, 9.17) is 14.7 Å². The molecule has 0 heterocycles. The summed E-state index contributed by atoms with van der Waals surface area (Å²) in [7, 11) is 2.91. The molecule has 92 valence electrons. The Morgan fingerprint density at radius 1 is 1.24 bits per heavy atom. The Hall–Kier alpha value is -1.29. The molecule has 0 spiro atoms. The van der Waals surface area contributed by atoms with E-state index in [2.05, 4.69) is 15.9 Å². The molecule has 1 aromatic carbocycles. The first-order valence-electron chi connectivity index (χ1n) is 4.72. The van der Waals surface area contributed by atoms with E-state index in [0.29, 0.717) is 21.5 Å². The average Bonchev–Trinajstić information content (AvgIpc) is 2.36. The molecule has 0 radical (unpaired) electrons. The summed E-state index contributed by atoms with van der Waals surface area (Å²) in [6.07, 6.45) is -2.87. The van der Waals surface area contributed by atoms with Gasteiger partial charge in [-0.2, -0.15) is 5.26 Å². The van der Waals surface area contributed by atoms with Crippen LogP contribution in [0.5, 0.6) is 11.5 Å². The van der Waals surface area contributed by atoms with Crippen LogP contribution in [0.15, 0.2) is 16.6 Å². The topological polar surface area (TPSA) is 82.7 Å². The van der Waals surface area contributed by atoms with E-state index in [-0.39, 0.29) is 0 Å². The van der Waals surface area contributed by atoms with E-state index >= 15 is 0 Å². The van der Waals surface area contributed by atoms with Crippen molar-refractivity contribution >= 4 is 15.9 Å². The lowest BCUT2D eigenvalue weighted by Gasteiger charge is -2.17. The van der Waals surface area contributed by atoms with Gasteiger partial charge in [0.2, 0.25) is 0 Å². The van der Waals surface area contributed by atoms with Crippen LogP contribution in [0.25, 0.3) is 0 Å². The van der Waals surface area contributed by atoms with Gasteiger partial charge in [-0.1, -0.05) is 0 Å². The van der Waals surface area contributed by atoms with Crippen LogP contribution in [0.4, 0.5) is 0 Å². The smallest absolute Gasteiger partial charge is 0.170 e. The predicted molar refractivity (Wildman–Crippen MR) is 63.8 cm³/mol. The molecule has 0 amide bonds. The van der Waals surface area contributed by atoms with E-state index in [1.807, 2.05) is 0 Å². The van der Waals surface area contributed by atoms with Crippen LogP contribution in [0.3, 0.4) is 0 Å². The molecule has 0 saturated heterocycles. The van der Waals surface area contributed by atoms with Crippen molar-refractivity contribution in [3.8, 4) is 17.6 Å². The second-order valence-electron chi connectivity index (χ2n) is 3.25. The van der Waals surface area contributed by atoms with Crippen LogP contribution in [-0.2, 0) is 0 Å². The minimum atomic E-state index is -1.52. The van der Waals surface area contributed by atoms with Gasteiger partial charge < -0.3 is 19.7 Å². The first-order chi connectivity index (χ1) is 8.04. The lowest BCUT2D eigenvalue weighted by molar-refractivity contribution is 0.0509. The number of rotatable bonds is 4. The summed E-state index contributed by atoms with van der Waals surface area (Å²) < 4.78 is 10.8. The standard InChI is InChI=1S/C11H12BrNO4/c1-16-9-4-7(12)10(17-2)3-6(9)11(15)8(14)5-13/h3-4,8,11,14-15H,1-2H3. The van der Waals surface area contributed by atoms with Gasteiger partial charge in [-0.25, -0.2) is 0 Å². The SMILES string of the molecule is COc1cc(C(O)C(O)C#N)c(OC)cc1Br. The third-order valence-corrected chi connectivity index (χ3v) is 2.87. The van der Waals surface area contributed by atoms with Crippen molar-refractivity contribution in [3.05, 3.63) is 22.2 Å². The van der Waals surface area contributed by atoms with Crippen molar-refractivity contribution in [2.24, 2.45) is 0 Å². The molecule has 5 nitrogen and oxygen atoms in total. The van der Waals surface area contributed by atoms with Crippen molar-refractivity contribution in [1.82, 2.24) is 0 Å². The van der Waals surface area contributed by atoms with E-state index in [9.17, 15) is 10.2 Å². The Kier molecular flexibility index (Phi) is 4.75. The fraction of sp³-hybridized carbons (Fsp3) is 0.364. The molecule has 2 atom stereocenters. The number of nitriles is 1. The van der Waals surface area contributed by atoms with Crippen LogP contribution in [0.1, 0.15) is 11.7 Å². The highest BCUT2D eigenvalue weighted by Crippen LogP contribution is 2.36. The Morgan fingerprint density at radius 3 is 2.29 bits per heavy atom. The first kappa shape index (κ1) is 13.8. The maximum Gasteiger partial charge on any atom is 0.170 e. The van der Waals surface area contributed by atoms with Gasteiger partial charge in [0.1, 0.15) is 17.6 Å². The van der Waals surface area contributed by atoms with E-state index in [1.165, 1.54) is 20.3 Å². The van der Waals surface area contributed by atoms with Crippen molar-refractivity contribution in [2.75, 3.05) is 14.2 Å². The predicted octanol–water partition coefficient (Wildman–Crippen LogP) is 1.38. The maximum absolute atomic E-state index is 9.79. The second kappa shape index (κ2) is 5.87. The summed E-state index contributed by atoms with van der Waals surface area (Å²) in [6.45, 7) is 0. The van der Waals surface area contributed by atoms with E-state index in [0.717, 1.165) is 0 Å². The number of methoxy groups -OCH3 is 2. The largest absolute Gasteiger partial charge is 0.496 e. The van der Waals surface area contributed by atoms with Gasteiger partial charge in [0, 0.05) is 5.56 Å². The average molecular weight is 302 g/mol. The molecular weight excluding hydrogens is 290 g/mol. The number of ether oxygens (including phenoxy) is 2. The Morgan fingerprint density at radius 2 is 1.82 bits per heavy atom. The molecule has 0 saturated carbocycles. The highest BCUT2D eigenvalue weighted by atomic mass is 79.9. The minimum Gasteiger partial charge on any atom is -0.496 e. The van der Waals surface area contributed by atoms with Crippen LogP contribution >= 0.6 is 15.9 Å². The molecule has 2 unspecified atom stereocenters. The van der Waals surface area contributed by atoms with Crippen molar-refractivity contribution < 1.29 is 19.7 Å².